The van der Waals surface area contributed by atoms with Crippen LogP contribution in [0.3, 0.4) is 0 Å². The van der Waals surface area contributed by atoms with Crippen LogP contribution in [0.1, 0.15) is 21.5 Å². The Hall–Kier alpha value is -1.35. The quantitative estimate of drug-likeness (QED) is 0.870. The van der Waals surface area contributed by atoms with Gasteiger partial charge in [0.15, 0.2) is 5.78 Å². The lowest BCUT2D eigenvalue weighted by atomic mass is 10.0. The van der Waals surface area contributed by atoms with Crippen molar-refractivity contribution in [2.24, 2.45) is 5.73 Å². The molecule has 4 heteroatoms. The van der Waals surface area contributed by atoms with Crippen LogP contribution in [0.2, 0.25) is 10.0 Å². The standard InChI is InChI=1S/C15H13Cl2NO/c16-13-6-3-11(7-14(13)17)8-15(19)12-4-1-10(9-18)2-5-12/h1-7H,8-9,18H2. The van der Waals surface area contributed by atoms with E-state index in [1.165, 1.54) is 0 Å². The van der Waals surface area contributed by atoms with Crippen molar-refractivity contribution in [3.05, 3.63) is 69.2 Å². The first kappa shape index (κ1) is 14.1. The van der Waals surface area contributed by atoms with Crippen LogP contribution in [-0.2, 0) is 13.0 Å². The Bertz CT molecular complexity index is 594. The van der Waals surface area contributed by atoms with Crippen LogP contribution < -0.4 is 5.73 Å². The van der Waals surface area contributed by atoms with Crippen molar-refractivity contribution in [2.75, 3.05) is 0 Å². The molecule has 0 saturated carbocycles. The van der Waals surface area contributed by atoms with Gasteiger partial charge in [0.2, 0.25) is 0 Å². The molecule has 2 N–H and O–H groups in total. The van der Waals surface area contributed by atoms with E-state index in [0.717, 1.165) is 11.1 Å². The van der Waals surface area contributed by atoms with Crippen molar-refractivity contribution in [3.8, 4) is 0 Å². The molecule has 0 saturated heterocycles. The summed E-state index contributed by atoms with van der Waals surface area (Å²) in [5.74, 6) is 0.0435. The summed E-state index contributed by atoms with van der Waals surface area (Å²) in [5, 5.41) is 0.954. The number of Topliss-reactive ketones (excluding diaryl/α,β-unsaturated/α-hetero) is 1. The van der Waals surface area contributed by atoms with E-state index in [1.807, 2.05) is 12.1 Å². The summed E-state index contributed by atoms with van der Waals surface area (Å²) in [4.78, 5) is 12.1. The molecule has 0 aliphatic heterocycles. The minimum Gasteiger partial charge on any atom is -0.326 e. The molecule has 0 radical (unpaired) electrons. The molecule has 0 aliphatic rings. The number of carbonyl (C=O) groups excluding carboxylic acids is 1. The average Bonchev–Trinajstić information content (AvgIpc) is 2.43. The van der Waals surface area contributed by atoms with Crippen molar-refractivity contribution in [2.45, 2.75) is 13.0 Å². The zero-order valence-corrected chi connectivity index (χ0v) is 11.7. The second kappa shape index (κ2) is 6.20. The van der Waals surface area contributed by atoms with Gasteiger partial charge in [0.25, 0.3) is 0 Å². The SMILES string of the molecule is NCc1ccc(C(=O)Cc2ccc(Cl)c(Cl)c2)cc1. The van der Waals surface area contributed by atoms with Gasteiger partial charge in [-0.25, -0.2) is 0 Å². The summed E-state index contributed by atoms with van der Waals surface area (Å²) >= 11 is 11.8. The van der Waals surface area contributed by atoms with Crippen LogP contribution in [0.25, 0.3) is 0 Å². The number of carbonyl (C=O) groups is 1. The van der Waals surface area contributed by atoms with E-state index in [4.69, 9.17) is 28.9 Å². The maximum Gasteiger partial charge on any atom is 0.167 e. The van der Waals surface area contributed by atoms with Crippen molar-refractivity contribution < 1.29 is 4.79 Å². The summed E-state index contributed by atoms with van der Waals surface area (Å²) in [6.45, 7) is 0.473. The molecule has 0 spiro atoms. The molecule has 0 aliphatic carbocycles. The average molecular weight is 294 g/mol. The molecule has 0 atom stereocenters. The van der Waals surface area contributed by atoms with Crippen molar-refractivity contribution in [1.29, 1.82) is 0 Å². The highest BCUT2D eigenvalue weighted by molar-refractivity contribution is 6.42. The lowest BCUT2D eigenvalue weighted by Crippen LogP contribution is -2.04. The van der Waals surface area contributed by atoms with Crippen LogP contribution in [0.4, 0.5) is 0 Å². The highest BCUT2D eigenvalue weighted by Crippen LogP contribution is 2.23. The fourth-order valence-electron chi connectivity index (χ4n) is 1.76. The molecule has 0 amide bonds. The third-order valence-electron chi connectivity index (χ3n) is 2.86. The van der Waals surface area contributed by atoms with Gasteiger partial charge in [-0.3, -0.25) is 4.79 Å². The van der Waals surface area contributed by atoms with Crippen LogP contribution in [0.15, 0.2) is 42.5 Å². The molecule has 2 aromatic carbocycles. The first-order valence-corrected chi connectivity index (χ1v) is 6.62. The van der Waals surface area contributed by atoms with Gasteiger partial charge >= 0.3 is 0 Å². The maximum absolute atomic E-state index is 12.1. The molecule has 0 fully saturated rings. The van der Waals surface area contributed by atoms with E-state index in [9.17, 15) is 4.79 Å². The number of benzene rings is 2. The number of ketones is 1. The molecule has 0 heterocycles. The lowest BCUT2D eigenvalue weighted by Gasteiger charge is -2.04. The molecular weight excluding hydrogens is 281 g/mol. The Morgan fingerprint density at radius 3 is 2.16 bits per heavy atom. The first-order chi connectivity index (χ1) is 9.10. The number of halogens is 2. The van der Waals surface area contributed by atoms with Gasteiger partial charge in [-0.2, -0.15) is 0 Å². The molecule has 2 aromatic rings. The molecule has 2 nitrogen and oxygen atoms in total. The molecule has 2 rings (SSSR count). The van der Waals surface area contributed by atoms with Crippen LogP contribution in [0.5, 0.6) is 0 Å². The summed E-state index contributed by atoms with van der Waals surface area (Å²) in [5.41, 5.74) is 8.04. The molecule has 0 aromatic heterocycles. The largest absolute Gasteiger partial charge is 0.326 e. The first-order valence-electron chi connectivity index (χ1n) is 5.86. The highest BCUT2D eigenvalue weighted by Gasteiger charge is 2.08. The van der Waals surface area contributed by atoms with Gasteiger partial charge in [-0.1, -0.05) is 53.5 Å². The van der Waals surface area contributed by atoms with Crippen LogP contribution in [0, 0.1) is 0 Å². The van der Waals surface area contributed by atoms with Gasteiger partial charge in [-0.05, 0) is 23.3 Å². The summed E-state index contributed by atoms with van der Waals surface area (Å²) in [6, 6.07) is 12.5. The van der Waals surface area contributed by atoms with E-state index >= 15 is 0 Å². The Balaban J connectivity index is 2.13. The zero-order chi connectivity index (χ0) is 13.8. The van der Waals surface area contributed by atoms with Crippen molar-refractivity contribution in [3.63, 3.8) is 0 Å². The third kappa shape index (κ3) is 3.57. The minimum absolute atomic E-state index is 0.0435. The van der Waals surface area contributed by atoms with Crippen molar-refractivity contribution in [1.82, 2.24) is 0 Å². The third-order valence-corrected chi connectivity index (χ3v) is 3.60. The maximum atomic E-state index is 12.1. The monoisotopic (exact) mass is 293 g/mol. The van der Waals surface area contributed by atoms with E-state index in [1.54, 1.807) is 30.3 Å². The van der Waals surface area contributed by atoms with Crippen molar-refractivity contribution >= 4 is 29.0 Å². The smallest absolute Gasteiger partial charge is 0.167 e. The van der Waals surface area contributed by atoms with E-state index < -0.39 is 0 Å². The van der Waals surface area contributed by atoms with Gasteiger partial charge < -0.3 is 5.73 Å². The molecule has 98 valence electrons. The topological polar surface area (TPSA) is 43.1 Å². The zero-order valence-electron chi connectivity index (χ0n) is 10.2. The van der Waals surface area contributed by atoms with Gasteiger partial charge in [0.05, 0.1) is 10.0 Å². The van der Waals surface area contributed by atoms with Gasteiger partial charge in [0.1, 0.15) is 0 Å². The number of nitrogens with two attached hydrogens (primary N) is 1. The molecule has 0 bridgehead atoms. The minimum atomic E-state index is 0.0435. The number of rotatable bonds is 4. The molecular formula is C15H13Cl2NO. The summed E-state index contributed by atoms with van der Waals surface area (Å²) in [6.07, 6.45) is 0.304. The van der Waals surface area contributed by atoms with E-state index in [0.29, 0.717) is 28.6 Å². The lowest BCUT2D eigenvalue weighted by molar-refractivity contribution is 0.0993. The predicted molar refractivity (Wildman–Crippen MR) is 78.8 cm³/mol. The molecule has 0 unspecified atom stereocenters. The Morgan fingerprint density at radius 2 is 1.58 bits per heavy atom. The summed E-state index contributed by atoms with van der Waals surface area (Å²) < 4.78 is 0. The van der Waals surface area contributed by atoms with Crippen LogP contribution in [-0.4, -0.2) is 5.78 Å². The second-order valence-corrected chi connectivity index (χ2v) is 5.06. The fourth-order valence-corrected chi connectivity index (χ4v) is 2.08. The van der Waals surface area contributed by atoms with E-state index in [-0.39, 0.29) is 5.78 Å². The Labute approximate surface area is 122 Å². The van der Waals surface area contributed by atoms with E-state index in [2.05, 4.69) is 0 Å². The highest BCUT2D eigenvalue weighted by atomic mass is 35.5. The predicted octanol–water partition coefficient (Wildman–Crippen LogP) is 3.88. The summed E-state index contributed by atoms with van der Waals surface area (Å²) in [7, 11) is 0. The second-order valence-electron chi connectivity index (χ2n) is 4.25. The number of hydrogen-bond donors (Lipinski definition) is 1. The fraction of sp³-hybridized carbons (Fsp3) is 0.133. The number of hydrogen-bond acceptors (Lipinski definition) is 2. The Kier molecular flexibility index (Phi) is 4.59. The van der Waals surface area contributed by atoms with Gasteiger partial charge in [-0.15, -0.1) is 0 Å². The van der Waals surface area contributed by atoms with Gasteiger partial charge in [0, 0.05) is 18.5 Å². The normalized spacial score (nSPS) is 10.5. The molecule has 19 heavy (non-hydrogen) atoms. The van der Waals surface area contributed by atoms with Crippen LogP contribution >= 0.6 is 23.2 Å². The Morgan fingerprint density at radius 1 is 0.947 bits per heavy atom.